The second kappa shape index (κ2) is 7.56. The van der Waals surface area contributed by atoms with Gasteiger partial charge in [0.2, 0.25) is 5.43 Å². The van der Waals surface area contributed by atoms with Crippen LogP contribution in [0.3, 0.4) is 0 Å². The van der Waals surface area contributed by atoms with Crippen LogP contribution in [0.1, 0.15) is 45.1 Å². The lowest BCUT2D eigenvalue weighted by atomic mass is 9.99. The molecule has 1 saturated heterocycles. The first-order chi connectivity index (χ1) is 15.9. The van der Waals surface area contributed by atoms with Gasteiger partial charge in [-0.05, 0) is 69.6 Å². The number of fused-ring (bicyclic) bond motifs is 2. The summed E-state index contributed by atoms with van der Waals surface area (Å²) < 4.78 is 26.2. The molecule has 2 saturated carbocycles. The first-order valence-electron chi connectivity index (χ1n) is 11.8. The standard InChI is InChI=1S/C24H29FN4O3S/c1-12(27(2)14-4-5-14)13-8-9-28(11-13)20-17(25)10-16-19(22(20)32-3)29(15-6-7-15)24-18(21(16)30)23(31)26-33-24/h10,12-15H,4-9,11H2,1-3H3,(H,26,31)/t12-,13?/m1/s1. The van der Waals surface area contributed by atoms with Gasteiger partial charge >= 0.3 is 0 Å². The van der Waals surface area contributed by atoms with E-state index in [0.717, 1.165) is 32.4 Å². The van der Waals surface area contributed by atoms with E-state index in [1.807, 2.05) is 4.57 Å². The number of aromatic amines is 1. The summed E-state index contributed by atoms with van der Waals surface area (Å²) in [6, 6.07) is 2.62. The number of hydrogen-bond acceptors (Lipinski definition) is 6. The second-order valence-corrected chi connectivity index (χ2v) is 10.7. The molecule has 0 bridgehead atoms. The molecule has 1 aromatic carbocycles. The minimum atomic E-state index is -0.464. The van der Waals surface area contributed by atoms with Gasteiger partial charge in [-0.15, -0.1) is 0 Å². The molecule has 33 heavy (non-hydrogen) atoms. The predicted molar refractivity (Wildman–Crippen MR) is 130 cm³/mol. The Kier molecular flexibility index (Phi) is 4.85. The molecule has 7 nitrogen and oxygen atoms in total. The number of halogens is 1. The zero-order valence-electron chi connectivity index (χ0n) is 19.2. The molecule has 1 N–H and O–H groups in total. The van der Waals surface area contributed by atoms with Crippen molar-refractivity contribution in [2.75, 3.05) is 32.1 Å². The van der Waals surface area contributed by atoms with E-state index in [4.69, 9.17) is 4.74 Å². The van der Waals surface area contributed by atoms with Crippen LogP contribution >= 0.6 is 11.5 Å². The molecule has 0 spiro atoms. The normalized spacial score (nSPS) is 22.1. The number of H-pyrrole nitrogens is 1. The molecule has 1 aliphatic heterocycles. The van der Waals surface area contributed by atoms with E-state index in [1.54, 1.807) is 7.11 Å². The molecule has 1 unspecified atom stereocenters. The van der Waals surface area contributed by atoms with E-state index >= 15 is 4.39 Å². The maximum atomic E-state index is 15.6. The first-order valence-corrected chi connectivity index (χ1v) is 12.6. The Morgan fingerprint density at radius 3 is 2.67 bits per heavy atom. The van der Waals surface area contributed by atoms with Crippen LogP contribution in [0.25, 0.3) is 21.1 Å². The Labute approximate surface area is 194 Å². The van der Waals surface area contributed by atoms with E-state index in [0.29, 0.717) is 39.8 Å². The van der Waals surface area contributed by atoms with Crippen molar-refractivity contribution in [1.82, 2.24) is 13.8 Å². The van der Waals surface area contributed by atoms with Crippen LogP contribution in [-0.4, -0.2) is 53.2 Å². The van der Waals surface area contributed by atoms with Crippen LogP contribution in [0.2, 0.25) is 0 Å². The summed E-state index contributed by atoms with van der Waals surface area (Å²) in [5.74, 6) is 0.382. The van der Waals surface area contributed by atoms with Crippen molar-refractivity contribution in [2.24, 2.45) is 5.92 Å². The Balaban J connectivity index is 1.50. The number of nitrogens with one attached hydrogen (secondary N) is 1. The van der Waals surface area contributed by atoms with E-state index in [1.165, 1.54) is 30.4 Å². The lowest BCUT2D eigenvalue weighted by Gasteiger charge is -2.30. The number of rotatable bonds is 6. The van der Waals surface area contributed by atoms with Crippen LogP contribution in [0.5, 0.6) is 5.75 Å². The fourth-order valence-corrected chi connectivity index (χ4v) is 6.54. The highest BCUT2D eigenvalue weighted by atomic mass is 32.1. The molecular weight excluding hydrogens is 443 g/mol. The Morgan fingerprint density at radius 2 is 2.00 bits per heavy atom. The van der Waals surface area contributed by atoms with Crippen LogP contribution in [0.15, 0.2) is 15.7 Å². The number of benzene rings is 1. The lowest BCUT2D eigenvalue weighted by Crippen LogP contribution is -2.38. The molecule has 3 aromatic rings. The van der Waals surface area contributed by atoms with Crippen molar-refractivity contribution in [1.29, 1.82) is 0 Å². The van der Waals surface area contributed by atoms with Gasteiger partial charge in [-0.25, -0.2) is 4.39 Å². The molecule has 9 heteroatoms. The predicted octanol–water partition coefficient (Wildman–Crippen LogP) is 3.70. The summed E-state index contributed by atoms with van der Waals surface area (Å²) in [5, 5.41) is 0.334. The Hall–Kier alpha value is -2.39. The van der Waals surface area contributed by atoms with E-state index < -0.39 is 16.8 Å². The maximum absolute atomic E-state index is 15.6. The van der Waals surface area contributed by atoms with Gasteiger partial charge in [0, 0.05) is 31.2 Å². The molecular formula is C24H29FN4O3S. The third-order valence-corrected chi connectivity index (χ3v) is 8.78. The number of methoxy groups -OCH3 is 1. The van der Waals surface area contributed by atoms with E-state index in [9.17, 15) is 9.59 Å². The summed E-state index contributed by atoms with van der Waals surface area (Å²) in [5.41, 5.74) is 0.207. The average molecular weight is 473 g/mol. The number of pyridine rings is 1. The quantitative estimate of drug-likeness (QED) is 0.593. The molecule has 2 aliphatic carbocycles. The summed E-state index contributed by atoms with van der Waals surface area (Å²) in [6.07, 6.45) is 5.45. The van der Waals surface area contributed by atoms with Gasteiger partial charge in [0.1, 0.15) is 15.9 Å². The molecule has 2 atom stereocenters. The Morgan fingerprint density at radius 1 is 1.24 bits per heavy atom. The number of ether oxygens (including phenoxy) is 1. The molecule has 2 aromatic heterocycles. The molecule has 3 aliphatic rings. The van der Waals surface area contributed by atoms with Gasteiger partial charge in [0.15, 0.2) is 11.6 Å². The molecule has 3 heterocycles. The lowest BCUT2D eigenvalue weighted by molar-refractivity contribution is 0.191. The van der Waals surface area contributed by atoms with Crippen molar-refractivity contribution in [2.45, 2.75) is 57.2 Å². The van der Waals surface area contributed by atoms with Gasteiger partial charge in [-0.2, -0.15) is 0 Å². The van der Waals surface area contributed by atoms with Crippen LogP contribution in [0, 0.1) is 11.7 Å². The van der Waals surface area contributed by atoms with Gasteiger partial charge < -0.3 is 19.1 Å². The molecule has 0 amide bonds. The topological polar surface area (TPSA) is 70.6 Å². The van der Waals surface area contributed by atoms with Crippen LogP contribution < -0.4 is 20.6 Å². The van der Waals surface area contributed by atoms with Crippen molar-refractivity contribution >= 4 is 38.3 Å². The van der Waals surface area contributed by atoms with Crippen molar-refractivity contribution in [3.63, 3.8) is 0 Å². The molecule has 176 valence electrons. The van der Waals surface area contributed by atoms with E-state index in [-0.39, 0.29) is 16.8 Å². The number of aromatic nitrogens is 2. The number of hydrogen-bond donors (Lipinski definition) is 1. The van der Waals surface area contributed by atoms with Gasteiger partial charge in [0.05, 0.1) is 18.0 Å². The molecule has 0 radical (unpaired) electrons. The number of nitrogens with zero attached hydrogens (tertiary/aromatic N) is 3. The highest BCUT2D eigenvalue weighted by molar-refractivity contribution is 7.12. The summed E-state index contributed by atoms with van der Waals surface area (Å²) in [4.78, 5) is 30.8. The molecule has 6 rings (SSSR count). The van der Waals surface area contributed by atoms with Gasteiger partial charge in [0.25, 0.3) is 5.56 Å². The molecule has 3 fully saturated rings. The van der Waals surface area contributed by atoms with Crippen LogP contribution in [0.4, 0.5) is 10.1 Å². The zero-order valence-corrected chi connectivity index (χ0v) is 20.0. The average Bonchev–Trinajstić information content (AvgIpc) is 3.73. The summed E-state index contributed by atoms with van der Waals surface area (Å²) in [6.45, 7) is 3.78. The fraction of sp³-hybridized carbons (Fsp3) is 0.583. The second-order valence-electron chi connectivity index (χ2n) is 9.91. The fourth-order valence-electron chi connectivity index (χ4n) is 5.62. The monoisotopic (exact) mass is 472 g/mol. The Bertz CT molecular complexity index is 1370. The largest absolute Gasteiger partial charge is 0.492 e. The van der Waals surface area contributed by atoms with Crippen molar-refractivity contribution in [3.05, 3.63) is 32.5 Å². The van der Waals surface area contributed by atoms with Crippen molar-refractivity contribution in [3.8, 4) is 5.75 Å². The van der Waals surface area contributed by atoms with Gasteiger partial charge in [-0.1, -0.05) is 0 Å². The smallest absolute Gasteiger partial charge is 0.271 e. The van der Waals surface area contributed by atoms with Crippen LogP contribution in [-0.2, 0) is 0 Å². The first kappa shape index (κ1) is 21.2. The van der Waals surface area contributed by atoms with Gasteiger partial charge in [-0.3, -0.25) is 14.0 Å². The third-order valence-electron chi connectivity index (χ3n) is 7.90. The summed E-state index contributed by atoms with van der Waals surface area (Å²) in [7, 11) is 3.74. The third kappa shape index (κ3) is 3.23. The summed E-state index contributed by atoms with van der Waals surface area (Å²) >= 11 is 1.17. The SMILES string of the molecule is COc1c(N2CCC([C@@H](C)N(C)C3CC3)C2)c(F)cc2c(=O)c3c(=O)[nH]sc3n(C3CC3)c12. The zero-order chi connectivity index (χ0) is 23.0. The minimum absolute atomic E-state index is 0.117. The van der Waals surface area contributed by atoms with Crippen molar-refractivity contribution < 1.29 is 9.13 Å². The van der Waals surface area contributed by atoms with E-state index in [2.05, 4.69) is 28.1 Å². The highest BCUT2D eigenvalue weighted by Crippen LogP contribution is 2.46. The number of anilines is 1. The minimum Gasteiger partial charge on any atom is -0.492 e. The maximum Gasteiger partial charge on any atom is 0.271 e. The highest BCUT2D eigenvalue weighted by Gasteiger charge is 2.38.